The van der Waals surface area contributed by atoms with Gasteiger partial charge in [0.25, 0.3) is 0 Å². The minimum atomic E-state index is -3.48. The van der Waals surface area contributed by atoms with E-state index in [1.165, 1.54) is 6.42 Å². The van der Waals surface area contributed by atoms with Crippen molar-refractivity contribution in [2.45, 2.75) is 75.6 Å². The Morgan fingerprint density at radius 3 is 2.58 bits per heavy atom. The Kier molecular flexibility index (Phi) is 6.67. The molecule has 0 spiro atoms. The third-order valence-electron chi connectivity index (χ3n) is 6.88. The van der Waals surface area contributed by atoms with Crippen LogP contribution in [0.4, 0.5) is 0 Å². The number of piperidine rings is 2. The number of rotatable bonds is 6. The van der Waals surface area contributed by atoms with Gasteiger partial charge in [-0.3, -0.25) is 4.79 Å². The molecule has 170 valence electrons. The number of aromatic nitrogens is 2. The second kappa shape index (κ2) is 9.28. The molecule has 0 bridgehead atoms. The second-order valence-corrected chi connectivity index (χ2v) is 10.8. The second-order valence-electron chi connectivity index (χ2n) is 8.85. The molecule has 3 heterocycles. The lowest BCUT2D eigenvalue weighted by Gasteiger charge is -2.35. The van der Waals surface area contributed by atoms with Crippen molar-refractivity contribution in [1.29, 1.82) is 0 Å². The molecule has 2 fully saturated rings. The van der Waals surface area contributed by atoms with Gasteiger partial charge in [0.15, 0.2) is 0 Å². The molecule has 1 atom stereocenters. The van der Waals surface area contributed by atoms with Gasteiger partial charge in [-0.25, -0.2) is 13.4 Å². The maximum Gasteiger partial charge on any atom is 0.243 e. The zero-order chi connectivity index (χ0) is 22.0. The molecule has 2 aliphatic rings. The molecule has 2 aliphatic heterocycles. The van der Waals surface area contributed by atoms with Crippen molar-refractivity contribution in [1.82, 2.24) is 18.8 Å². The van der Waals surface area contributed by atoms with Gasteiger partial charge in [0.05, 0.1) is 15.9 Å². The summed E-state index contributed by atoms with van der Waals surface area (Å²) in [5, 5.41) is 0. The van der Waals surface area contributed by atoms with Crippen molar-refractivity contribution in [3.8, 4) is 0 Å². The van der Waals surface area contributed by atoms with E-state index in [1.54, 1.807) is 16.4 Å². The standard InChI is InChI=1S/C23H34N4O3S/c1-3-18-9-5-8-16-27(18)23(28)13-12-22-24-20-17-19(10-11-21(20)25(22)2)31(29,30)26-14-6-4-7-15-26/h10-11,17-18H,3-9,12-16H2,1-2H3. The van der Waals surface area contributed by atoms with Gasteiger partial charge in [-0.1, -0.05) is 13.3 Å². The number of nitrogens with zero attached hydrogens (tertiary/aromatic N) is 4. The number of hydrogen-bond acceptors (Lipinski definition) is 4. The van der Waals surface area contributed by atoms with Crippen molar-refractivity contribution >= 4 is 27.0 Å². The number of aryl methyl sites for hydroxylation is 2. The van der Waals surface area contributed by atoms with E-state index in [2.05, 4.69) is 11.8 Å². The molecule has 4 rings (SSSR count). The predicted molar refractivity (Wildman–Crippen MR) is 121 cm³/mol. The van der Waals surface area contributed by atoms with Crippen molar-refractivity contribution in [3.63, 3.8) is 0 Å². The van der Waals surface area contributed by atoms with E-state index in [4.69, 9.17) is 4.98 Å². The van der Waals surface area contributed by atoms with Gasteiger partial charge in [-0.05, 0) is 56.7 Å². The highest BCUT2D eigenvalue weighted by Gasteiger charge is 2.27. The van der Waals surface area contributed by atoms with E-state index < -0.39 is 10.0 Å². The van der Waals surface area contributed by atoms with E-state index in [9.17, 15) is 13.2 Å². The lowest BCUT2D eigenvalue weighted by molar-refractivity contribution is -0.134. The SMILES string of the molecule is CCC1CCCCN1C(=O)CCc1nc2cc(S(=O)(=O)N3CCCCC3)ccc2n1C. The highest BCUT2D eigenvalue weighted by atomic mass is 32.2. The number of sulfonamides is 1. The first kappa shape index (κ1) is 22.3. The third-order valence-corrected chi connectivity index (χ3v) is 8.77. The number of fused-ring (bicyclic) bond motifs is 1. The Bertz CT molecular complexity index is 1040. The molecule has 2 aromatic rings. The molecule has 0 saturated carbocycles. The molecule has 8 heteroatoms. The molecule has 1 aromatic carbocycles. The average Bonchev–Trinajstić information content (AvgIpc) is 3.12. The summed E-state index contributed by atoms with van der Waals surface area (Å²) in [7, 11) is -1.55. The minimum absolute atomic E-state index is 0.201. The Morgan fingerprint density at radius 1 is 1.10 bits per heavy atom. The Morgan fingerprint density at radius 2 is 1.84 bits per heavy atom. The Hall–Kier alpha value is -1.93. The fraction of sp³-hybridized carbons (Fsp3) is 0.652. The van der Waals surface area contributed by atoms with Crippen LogP contribution in [-0.2, 0) is 28.3 Å². The van der Waals surface area contributed by atoms with Crippen LogP contribution in [0.3, 0.4) is 0 Å². The quantitative estimate of drug-likeness (QED) is 0.681. The molecule has 1 unspecified atom stereocenters. The molecule has 0 radical (unpaired) electrons. The summed E-state index contributed by atoms with van der Waals surface area (Å²) in [6.07, 6.45) is 8.31. The number of benzene rings is 1. The van der Waals surface area contributed by atoms with Gasteiger partial charge < -0.3 is 9.47 Å². The molecule has 1 amide bonds. The molecule has 0 N–H and O–H groups in total. The van der Waals surface area contributed by atoms with Crippen LogP contribution in [0, 0.1) is 0 Å². The Balaban J connectivity index is 1.50. The van der Waals surface area contributed by atoms with Crippen LogP contribution in [0.1, 0.15) is 64.1 Å². The van der Waals surface area contributed by atoms with E-state index >= 15 is 0 Å². The maximum absolute atomic E-state index is 13.0. The fourth-order valence-corrected chi connectivity index (χ4v) is 6.52. The van der Waals surface area contributed by atoms with E-state index in [0.29, 0.717) is 42.4 Å². The number of amides is 1. The number of hydrogen-bond donors (Lipinski definition) is 0. The smallest absolute Gasteiger partial charge is 0.243 e. The topological polar surface area (TPSA) is 75.5 Å². The summed E-state index contributed by atoms with van der Waals surface area (Å²) in [4.78, 5) is 19.9. The fourth-order valence-electron chi connectivity index (χ4n) is 4.98. The highest BCUT2D eigenvalue weighted by molar-refractivity contribution is 7.89. The van der Waals surface area contributed by atoms with Crippen LogP contribution in [0.5, 0.6) is 0 Å². The molecular weight excluding hydrogens is 412 g/mol. The lowest BCUT2D eigenvalue weighted by atomic mass is 9.99. The van der Waals surface area contributed by atoms with Gasteiger partial charge in [0.1, 0.15) is 5.82 Å². The molecular formula is C23H34N4O3S. The summed E-state index contributed by atoms with van der Waals surface area (Å²) in [6.45, 7) is 4.19. The maximum atomic E-state index is 13.0. The van der Waals surface area contributed by atoms with Crippen molar-refractivity contribution in [2.75, 3.05) is 19.6 Å². The number of likely N-dealkylation sites (tertiary alicyclic amines) is 1. The monoisotopic (exact) mass is 446 g/mol. The van der Waals surface area contributed by atoms with Gasteiger partial charge in [0.2, 0.25) is 15.9 Å². The van der Waals surface area contributed by atoms with Crippen LogP contribution in [0.25, 0.3) is 11.0 Å². The van der Waals surface area contributed by atoms with Crippen LogP contribution >= 0.6 is 0 Å². The summed E-state index contributed by atoms with van der Waals surface area (Å²) < 4.78 is 29.6. The Labute approximate surface area is 185 Å². The van der Waals surface area contributed by atoms with Crippen LogP contribution in [0.15, 0.2) is 23.1 Å². The summed E-state index contributed by atoms with van der Waals surface area (Å²) in [5.41, 5.74) is 1.57. The van der Waals surface area contributed by atoms with Crippen molar-refractivity contribution < 1.29 is 13.2 Å². The van der Waals surface area contributed by atoms with Gasteiger partial charge >= 0.3 is 0 Å². The predicted octanol–water partition coefficient (Wildman–Crippen LogP) is 3.47. The summed E-state index contributed by atoms with van der Waals surface area (Å²) in [5.74, 6) is 1.02. The van der Waals surface area contributed by atoms with Gasteiger partial charge in [0, 0.05) is 45.6 Å². The lowest BCUT2D eigenvalue weighted by Crippen LogP contribution is -2.43. The normalized spacial score (nSPS) is 21.0. The van der Waals surface area contributed by atoms with Crippen molar-refractivity contribution in [2.24, 2.45) is 7.05 Å². The van der Waals surface area contributed by atoms with Gasteiger partial charge in [-0.15, -0.1) is 0 Å². The van der Waals surface area contributed by atoms with E-state index in [0.717, 1.165) is 56.4 Å². The number of carbonyl (C=O) groups is 1. The van der Waals surface area contributed by atoms with Crippen LogP contribution < -0.4 is 0 Å². The average molecular weight is 447 g/mol. The van der Waals surface area contributed by atoms with Crippen molar-refractivity contribution in [3.05, 3.63) is 24.0 Å². The van der Waals surface area contributed by atoms with E-state index in [-0.39, 0.29) is 5.91 Å². The first-order chi connectivity index (χ1) is 14.9. The first-order valence-electron chi connectivity index (χ1n) is 11.7. The highest BCUT2D eigenvalue weighted by Crippen LogP contribution is 2.25. The van der Waals surface area contributed by atoms with Crippen LogP contribution in [0.2, 0.25) is 0 Å². The van der Waals surface area contributed by atoms with Gasteiger partial charge in [-0.2, -0.15) is 4.31 Å². The first-order valence-corrected chi connectivity index (χ1v) is 13.1. The number of imidazole rings is 1. The molecule has 31 heavy (non-hydrogen) atoms. The molecule has 7 nitrogen and oxygen atoms in total. The largest absolute Gasteiger partial charge is 0.340 e. The molecule has 2 saturated heterocycles. The number of carbonyl (C=O) groups excluding carboxylic acids is 1. The zero-order valence-electron chi connectivity index (χ0n) is 18.7. The summed E-state index contributed by atoms with van der Waals surface area (Å²) in [6, 6.07) is 5.57. The molecule has 0 aliphatic carbocycles. The zero-order valence-corrected chi connectivity index (χ0v) is 19.5. The van der Waals surface area contributed by atoms with Crippen LogP contribution in [-0.4, -0.2) is 58.8 Å². The molecule has 1 aromatic heterocycles. The summed E-state index contributed by atoms with van der Waals surface area (Å²) >= 11 is 0. The van der Waals surface area contributed by atoms with E-state index in [1.807, 2.05) is 17.7 Å². The minimum Gasteiger partial charge on any atom is -0.340 e. The third kappa shape index (κ3) is 4.51.